The summed E-state index contributed by atoms with van der Waals surface area (Å²) in [7, 11) is 0. The van der Waals surface area contributed by atoms with Gasteiger partial charge in [0, 0.05) is 12.2 Å². The zero-order valence-electron chi connectivity index (χ0n) is 12.7. The number of rotatable bonds is 4. The normalized spacial score (nSPS) is 18.6. The molecule has 1 fully saturated rings. The highest BCUT2D eigenvalue weighted by Crippen LogP contribution is 2.21. The van der Waals surface area contributed by atoms with E-state index < -0.39 is 12.8 Å². The van der Waals surface area contributed by atoms with E-state index in [0.717, 1.165) is 6.42 Å². The molecule has 1 N–H and O–H groups in total. The fourth-order valence-corrected chi connectivity index (χ4v) is 2.26. The third-order valence-corrected chi connectivity index (χ3v) is 3.47. The van der Waals surface area contributed by atoms with Crippen molar-refractivity contribution in [3.8, 4) is 5.75 Å². The number of benzene rings is 1. The van der Waals surface area contributed by atoms with Gasteiger partial charge >= 0.3 is 12.2 Å². The van der Waals surface area contributed by atoms with E-state index in [4.69, 9.17) is 4.74 Å². The standard InChI is InChI=1S/C15H19F3N2O3/c1-2-12-9-22-8-7-20(12)14(21)19-11-3-5-13(6-4-11)23-10-15(16,17)18/h3-6,12H,2,7-10H2,1H3,(H,19,21)/t12-/m1/s1. The fourth-order valence-electron chi connectivity index (χ4n) is 2.26. The van der Waals surface area contributed by atoms with Gasteiger partial charge in [-0.05, 0) is 30.7 Å². The third kappa shape index (κ3) is 5.31. The monoisotopic (exact) mass is 332 g/mol. The zero-order valence-corrected chi connectivity index (χ0v) is 12.7. The van der Waals surface area contributed by atoms with Crippen molar-refractivity contribution in [2.24, 2.45) is 0 Å². The van der Waals surface area contributed by atoms with Crippen LogP contribution in [0.5, 0.6) is 5.75 Å². The Bertz CT molecular complexity index is 520. The second-order valence-electron chi connectivity index (χ2n) is 5.19. The first-order chi connectivity index (χ1) is 10.9. The first-order valence-corrected chi connectivity index (χ1v) is 7.34. The molecule has 1 aliphatic heterocycles. The van der Waals surface area contributed by atoms with Crippen LogP contribution < -0.4 is 10.1 Å². The van der Waals surface area contributed by atoms with Gasteiger partial charge in [-0.1, -0.05) is 6.92 Å². The maximum atomic E-state index is 12.3. The van der Waals surface area contributed by atoms with Crippen LogP contribution in [0.1, 0.15) is 13.3 Å². The molecule has 1 saturated heterocycles. The van der Waals surface area contributed by atoms with E-state index in [2.05, 4.69) is 10.1 Å². The number of alkyl halides is 3. The molecule has 0 unspecified atom stereocenters. The molecule has 1 aromatic carbocycles. The van der Waals surface area contributed by atoms with Gasteiger partial charge in [0.05, 0.1) is 19.3 Å². The second kappa shape index (κ2) is 7.54. The van der Waals surface area contributed by atoms with Gasteiger partial charge in [0.25, 0.3) is 0 Å². The molecule has 0 aliphatic carbocycles. The lowest BCUT2D eigenvalue weighted by Crippen LogP contribution is -2.50. The Balaban J connectivity index is 1.91. The molecule has 1 aliphatic rings. The Morgan fingerprint density at radius 3 is 2.70 bits per heavy atom. The maximum absolute atomic E-state index is 12.3. The van der Waals surface area contributed by atoms with E-state index in [1.54, 1.807) is 4.90 Å². The Labute approximate surface area is 132 Å². The van der Waals surface area contributed by atoms with Gasteiger partial charge in [-0.25, -0.2) is 4.79 Å². The summed E-state index contributed by atoms with van der Waals surface area (Å²) < 4.78 is 46.2. The minimum absolute atomic E-state index is 0.0261. The Kier molecular flexibility index (Phi) is 5.70. The van der Waals surface area contributed by atoms with Crippen molar-refractivity contribution in [1.82, 2.24) is 4.90 Å². The molecule has 0 radical (unpaired) electrons. The fraction of sp³-hybridized carbons (Fsp3) is 0.533. The molecular formula is C15H19F3N2O3. The van der Waals surface area contributed by atoms with Crippen molar-refractivity contribution < 1.29 is 27.4 Å². The van der Waals surface area contributed by atoms with Crippen LogP contribution in [0, 0.1) is 0 Å². The highest BCUT2D eigenvalue weighted by molar-refractivity contribution is 5.89. The van der Waals surface area contributed by atoms with Crippen LogP contribution >= 0.6 is 0 Å². The molecule has 1 atom stereocenters. The van der Waals surface area contributed by atoms with E-state index in [1.165, 1.54) is 24.3 Å². The average molecular weight is 332 g/mol. The minimum atomic E-state index is -4.38. The van der Waals surface area contributed by atoms with Gasteiger partial charge in [-0.15, -0.1) is 0 Å². The highest BCUT2D eigenvalue weighted by atomic mass is 19.4. The van der Waals surface area contributed by atoms with Crippen LogP contribution in [0.3, 0.4) is 0 Å². The van der Waals surface area contributed by atoms with Crippen LogP contribution in [-0.2, 0) is 4.74 Å². The third-order valence-electron chi connectivity index (χ3n) is 3.47. The van der Waals surface area contributed by atoms with E-state index in [1.807, 2.05) is 6.92 Å². The number of nitrogens with zero attached hydrogens (tertiary/aromatic N) is 1. The molecule has 2 rings (SSSR count). The summed E-state index contributed by atoms with van der Waals surface area (Å²) in [6, 6.07) is 5.56. The number of hydrogen-bond acceptors (Lipinski definition) is 3. The summed E-state index contributed by atoms with van der Waals surface area (Å²) in [6.07, 6.45) is -3.59. The number of halogens is 3. The number of nitrogens with one attached hydrogen (secondary N) is 1. The Morgan fingerprint density at radius 1 is 1.39 bits per heavy atom. The molecule has 0 aromatic heterocycles. The average Bonchev–Trinajstić information content (AvgIpc) is 2.53. The largest absolute Gasteiger partial charge is 0.484 e. The number of amides is 2. The van der Waals surface area contributed by atoms with E-state index >= 15 is 0 Å². The van der Waals surface area contributed by atoms with E-state index in [-0.39, 0.29) is 17.8 Å². The zero-order chi connectivity index (χ0) is 16.9. The van der Waals surface area contributed by atoms with Crippen LogP contribution in [-0.4, -0.2) is 49.5 Å². The first-order valence-electron chi connectivity index (χ1n) is 7.34. The number of anilines is 1. The molecular weight excluding hydrogens is 313 g/mol. The van der Waals surface area contributed by atoms with Gasteiger partial charge in [-0.2, -0.15) is 13.2 Å². The Morgan fingerprint density at radius 2 is 2.09 bits per heavy atom. The SMILES string of the molecule is CC[C@@H]1COCCN1C(=O)Nc1ccc(OCC(F)(F)F)cc1. The molecule has 2 amide bonds. The van der Waals surface area contributed by atoms with Crippen molar-refractivity contribution >= 4 is 11.7 Å². The van der Waals surface area contributed by atoms with Crippen LogP contribution in [0.4, 0.5) is 23.7 Å². The predicted octanol–water partition coefficient (Wildman–Crippen LogP) is 3.27. The van der Waals surface area contributed by atoms with Gasteiger partial charge in [0.2, 0.25) is 0 Å². The summed E-state index contributed by atoms with van der Waals surface area (Å²) in [5, 5.41) is 2.73. The number of hydrogen-bond donors (Lipinski definition) is 1. The molecule has 1 aromatic rings. The number of carbonyl (C=O) groups is 1. The van der Waals surface area contributed by atoms with Gasteiger partial charge in [0.1, 0.15) is 5.75 Å². The van der Waals surface area contributed by atoms with Crippen molar-refractivity contribution in [3.05, 3.63) is 24.3 Å². The lowest BCUT2D eigenvalue weighted by Gasteiger charge is -2.35. The molecule has 5 nitrogen and oxygen atoms in total. The highest BCUT2D eigenvalue weighted by Gasteiger charge is 2.28. The quantitative estimate of drug-likeness (QED) is 0.921. The van der Waals surface area contributed by atoms with Gasteiger partial charge in [0.15, 0.2) is 6.61 Å². The van der Waals surface area contributed by atoms with Crippen LogP contribution in [0.25, 0.3) is 0 Å². The molecule has 23 heavy (non-hydrogen) atoms. The van der Waals surface area contributed by atoms with Crippen LogP contribution in [0.15, 0.2) is 24.3 Å². The second-order valence-corrected chi connectivity index (χ2v) is 5.19. The maximum Gasteiger partial charge on any atom is 0.422 e. The number of urea groups is 1. The van der Waals surface area contributed by atoms with Gasteiger partial charge < -0.3 is 19.7 Å². The summed E-state index contributed by atoms with van der Waals surface area (Å²) in [4.78, 5) is 14.0. The van der Waals surface area contributed by atoms with Crippen molar-refractivity contribution in [3.63, 3.8) is 0 Å². The summed E-state index contributed by atoms with van der Waals surface area (Å²) >= 11 is 0. The van der Waals surface area contributed by atoms with Crippen molar-refractivity contribution in [2.75, 3.05) is 31.7 Å². The molecule has 0 bridgehead atoms. The first kappa shape index (κ1) is 17.4. The molecule has 8 heteroatoms. The molecule has 0 spiro atoms. The number of carbonyl (C=O) groups excluding carboxylic acids is 1. The number of ether oxygens (including phenoxy) is 2. The van der Waals surface area contributed by atoms with Crippen molar-refractivity contribution in [1.29, 1.82) is 0 Å². The summed E-state index contributed by atoms with van der Waals surface area (Å²) in [5.74, 6) is 0.0955. The van der Waals surface area contributed by atoms with Crippen LogP contribution in [0.2, 0.25) is 0 Å². The summed E-state index contributed by atoms with van der Waals surface area (Å²) in [6.45, 7) is 2.15. The lowest BCUT2D eigenvalue weighted by atomic mass is 10.2. The number of morpholine rings is 1. The minimum Gasteiger partial charge on any atom is -0.484 e. The molecule has 0 saturated carbocycles. The molecule has 1 heterocycles. The Hall–Kier alpha value is -1.96. The summed E-state index contributed by atoms with van der Waals surface area (Å²) in [5.41, 5.74) is 0.496. The van der Waals surface area contributed by atoms with E-state index in [0.29, 0.717) is 25.4 Å². The van der Waals surface area contributed by atoms with Crippen molar-refractivity contribution in [2.45, 2.75) is 25.6 Å². The van der Waals surface area contributed by atoms with E-state index in [9.17, 15) is 18.0 Å². The lowest BCUT2D eigenvalue weighted by molar-refractivity contribution is -0.153. The smallest absolute Gasteiger partial charge is 0.422 e. The van der Waals surface area contributed by atoms with Gasteiger partial charge in [-0.3, -0.25) is 0 Å². The predicted molar refractivity (Wildman–Crippen MR) is 78.6 cm³/mol. The topological polar surface area (TPSA) is 50.8 Å². The molecule has 128 valence electrons.